The molecule has 29 heavy (non-hydrogen) atoms. The maximum Gasteiger partial charge on any atom is 0.387 e. The van der Waals surface area contributed by atoms with Crippen molar-refractivity contribution in [1.82, 2.24) is 15.1 Å². The standard InChI is InChI=1S/C21H23F2N3O3/c1-3-27-18-11-16(9-10-17(18)28-21(22)23)13-26(2)14-20-25-24-19(29-20)12-15-7-5-4-6-8-15/h4-11,21H,3,12-14H2,1-2H3. The summed E-state index contributed by atoms with van der Waals surface area (Å²) in [7, 11) is 1.91. The largest absolute Gasteiger partial charge is 0.490 e. The van der Waals surface area contributed by atoms with Gasteiger partial charge >= 0.3 is 6.61 Å². The highest BCUT2D eigenvalue weighted by Gasteiger charge is 2.14. The highest BCUT2D eigenvalue weighted by atomic mass is 19.3. The molecule has 0 unspecified atom stereocenters. The second-order valence-electron chi connectivity index (χ2n) is 6.52. The van der Waals surface area contributed by atoms with E-state index in [1.807, 2.05) is 42.3 Å². The zero-order valence-electron chi connectivity index (χ0n) is 16.3. The molecule has 0 aliphatic carbocycles. The molecule has 0 aliphatic rings. The van der Waals surface area contributed by atoms with Crippen LogP contribution in [0.2, 0.25) is 0 Å². The average Bonchev–Trinajstić information content (AvgIpc) is 3.11. The van der Waals surface area contributed by atoms with E-state index in [1.165, 1.54) is 6.07 Å². The first-order valence-electron chi connectivity index (χ1n) is 9.27. The summed E-state index contributed by atoms with van der Waals surface area (Å²) < 4.78 is 40.7. The maximum atomic E-state index is 12.5. The van der Waals surface area contributed by atoms with Crippen molar-refractivity contribution in [3.05, 3.63) is 71.4 Å². The summed E-state index contributed by atoms with van der Waals surface area (Å²) in [4.78, 5) is 1.98. The normalized spacial score (nSPS) is 11.2. The summed E-state index contributed by atoms with van der Waals surface area (Å²) in [6.07, 6.45) is 0.584. The number of rotatable bonds is 10. The third kappa shape index (κ3) is 6.25. The predicted molar refractivity (Wildman–Crippen MR) is 103 cm³/mol. The average molecular weight is 403 g/mol. The Kier molecular flexibility index (Phi) is 7.13. The first-order chi connectivity index (χ1) is 14.0. The molecule has 154 valence electrons. The van der Waals surface area contributed by atoms with Gasteiger partial charge in [-0.2, -0.15) is 8.78 Å². The van der Waals surface area contributed by atoms with Crippen molar-refractivity contribution < 1.29 is 22.7 Å². The Bertz CT molecular complexity index is 903. The third-order valence-electron chi connectivity index (χ3n) is 4.09. The van der Waals surface area contributed by atoms with Gasteiger partial charge in [-0.25, -0.2) is 0 Å². The fourth-order valence-electron chi connectivity index (χ4n) is 2.91. The van der Waals surface area contributed by atoms with E-state index in [0.29, 0.717) is 43.6 Å². The minimum atomic E-state index is -2.90. The fourth-order valence-corrected chi connectivity index (χ4v) is 2.91. The van der Waals surface area contributed by atoms with Crippen molar-refractivity contribution >= 4 is 0 Å². The van der Waals surface area contributed by atoms with Gasteiger partial charge in [0.05, 0.1) is 19.6 Å². The van der Waals surface area contributed by atoms with Crippen LogP contribution in [-0.4, -0.2) is 35.4 Å². The second kappa shape index (κ2) is 9.97. The van der Waals surface area contributed by atoms with Crippen molar-refractivity contribution in [2.24, 2.45) is 0 Å². The summed E-state index contributed by atoms with van der Waals surface area (Å²) in [6, 6.07) is 14.8. The summed E-state index contributed by atoms with van der Waals surface area (Å²) in [5.74, 6) is 1.39. The van der Waals surface area contributed by atoms with Crippen LogP contribution in [-0.2, 0) is 19.5 Å². The van der Waals surface area contributed by atoms with E-state index in [9.17, 15) is 8.78 Å². The highest BCUT2D eigenvalue weighted by molar-refractivity contribution is 5.43. The molecule has 0 aliphatic heterocycles. The number of benzene rings is 2. The number of alkyl halides is 2. The summed E-state index contributed by atoms with van der Waals surface area (Å²) in [6.45, 7) is 0.246. The minimum absolute atomic E-state index is 0.0238. The van der Waals surface area contributed by atoms with Gasteiger partial charge in [0, 0.05) is 6.54 Å². The van der Waals surface area contributed by atoms with Crippen molar-refractivity contribution in [2.75, 3.05) is 13.7 Å². The van der Waals surface area contributed by atoms with E-state index >= 15 is 0 Å². The number of aromatic nitrogens is 2. The molecule has 0 bridgehead atoms. The first-order valence-corrected chi connectivity index (χ1v) is 9.27. The molecule has 0 N–H and O–H groups in total. The summed E-state index contributed by atoms with van der Waals surface area (Å²) in [5, 5.41) is 8.20. The van der Waals surface area contributed by atoms with Crippen LogP contribution in [0.15, 0.2) is 52.9 Å². The van der Waals surface area contributed by atoms with Crippen molar-refractivity contribution in [2.45, 2.75) is 33.0 Å². The monoisotopic (exact) mass is 403 g/mol. The van der Waals surface area contributed by atoms with E-state index in [0.717, 1.165) is 11.1 Å². The number of halogens is 2. The smallest absolute Gasteiger partial charge is 0.387 e. The zero-order valence-corrected chi connectivity index (χ0v) is 16.3. The van der Waals surface area contributed by atoms with E-state index in [-0.39, 0.29) is 5.75 Å². The topological polar surface area (TPSA) is 60.6 Å². The molecule has 2 aromatic carbocycles. The molecule has 8 heteroatoms. The van der Waals surface area contributed by atoms with Crippen molar-refractivity contribution in [3.63, 3.8) is 0 Å². The Hall–Kier alpha value is -3.00. The molecule has 1 aromatic heterocycles. The van der Waals surface area contributed by atoms with Gasteiger partial charge in [0.25, 0.3) is 0 Å². The molecule has 0 spiro atoms. The lowest BCUT2D eigenvalue weighted by Gasteiger charge is -2.17. The molecule has 3 rings (SSSR count). The van der Waals surface area contributed by atoms with E-state index in [4.69, 9.17) is 9.15 Å². The van der Waals surface area contributed by atoms with Gasteiger partial charge in [-0.3, -0.25) is 4.90 Å². The molecule has 0 atom stereocenters. The lowest BCUT2D eigenvalue weighted by Crippen LogP contribution is -2.17. The predicted octanol–water partition coefficient (Wildman–Crippen LogP) is 4.29. The van der Waals surface area contributed by atoms with Gasteiger partial charge in [0.1, 0.15) is 0 Å². The highest BCUT2D eigenvalue weighted by Crippen LogP contribution is 2.30. The third-order valence-corrected chi connectivity index (χ3v) is 4.09. The van der Waals surface area contributed by atoms with Gasteiger partial charge in [0.2, 0.25) is 11.8 Å². The second-order valence-corrected chi connectivity index (χ2v) is 6.52. The van der Waals surface area contributed by atoms with Crippen molar-refractivity contribution in [3.8, 4) is 11.5 Å². The number of nitrogens with zero attached hydrogens (tertiary/aromatic N) is 3. The molecule has 0 saturated carbocycles. The minimum Gasteiger partial charge on any atom is -0.490 e. The molecule has 0 saturated heterocycles. The summed E-state index contributed by atoms with van der Waals surface area (Å²) in [5.41, 5.74) is 1.99. The van der Waals surface area contributed by atoms with Crippen LogP contribution in [0, 0.1) is 0 Å². The van der Waals surface area contributed by atoms with E-state index in [2.05, 4.69) is 14.9 Å². The molecule has 0 amide bonds. The Morgan fingerprint density at radius 1 is 0.966 bits per heavy atom. The molecular formula is C21H23F2N3O3. The first kappa shape index (κ1) is 20.7. The van der Waals surface area contributed by atoms with Crippen LogP contribution >= 0.6 is 0 Å². The molecule has 0 fully saturated rings. The number of hydrogen-bond acceptors (Lipinski definition) is 6. The van der Waals surface area contributed by atoms with Gasteiger partial charge in [-0.1, -0.05) is 36.4 Å². The molecular weight excluding hydrogens is 380 g/mol. The Morgan fingerprint density at radius 3 is 2.45 bits per heavy atom. The van der Waals surface area contributed by atoms with Gasteiger partial charge in [-0.15, -0.1) is 10.2 Å². The van der Waals surface area contributed by atoms with Crippen LogP contribution < -0.4 is 9.47 Å². The van der Waals surface area contributed by atoms with Crippen molar-refractivity contribution in [1.29, 1.82) is 0 Å². The maximum absolute atomic E-state index is 12.5. The fraction of sp³-hybridized carbons (Fsp3) is 0.333. The number of ether oxygens (including phenoxy) is 2. The van der Waals surface area contributed by atoms with E-state index < -0.39 is 6.61 Å². The van der Waals surface area contributed by atoms with Crippen LogP contribution in [0.5, 0.6) is 11.5 Å². The van der Waals surface area contributed by atoms with Crippen LogP contribution in [0.4, 0.5) is 8.78 Å². The lowest BCUT2D eigenvalue weighted by atomic mass is 10.2. The quantitative estimate of drug-likeness (QED) is 0.503. The number of hydrogen-bond donors (Lipinski definition) is 0. The van der Waals surface area contributed by atoms with Gasteiger partial charge in [0.15, 0.2) is 11.5 Å². The Morgan fingerprint density at radius 2 is 1.72 bits per heavy atom. The lowest BCUT2D eigenvalue weighted by molar-refractivity contribution is -0.0514. The van der Waals surface area contributed by atoms with Crippen LogP contribution in [0.1, 0.15) is 29.8 Å². The van der Waals surface area contributed by atoms with Crippen LogP contribution in [0.3, 0.4) is 0 Å². The van der Waals surface area contributed by atoms with E-state index in [1.54, 1.807) is 19.1 Å². The van der Waals surface area contributed by atoms with Gasteiger partial charge < -0.3 is 13.9 Å². The zero-order chi connectivity index (χ0) is 20.6. The molecule has 6 nitrogen and oxygen atoms in total. The van der Waals surface area contributed by atoms with Crippen LogP contribution in [0.25, 0.3) is 0 Å². The molecule has 0 radical (unpaired) electrons. The molecule has 1 heterocycles. The SMILES string of the molecule is CCOc1cc(CN(C)Cc2nnc(Cc3ccccc3)o2)ccc1OC(F)F. The Balaban J connectivity index is 1.60. The summed E-state index contributed by atoms with van der Waals surface area (Å²) >= 11 is 0. The Labute approximate surface area is 168 Å². The molecule has 3 aromatic rings. The van der Waals surface area contributed by atoms with Gasteiger partial charge in [-0.05, 0) is 37.2 Å².